The summed E-state index contributed by atoms with van der Waals surface area (Å²) in [5, 5.41) is 0.731. The first kappa shape index (κ1) is 24.3. The van der Waals surface area contributed by atoms with Crippen LogP contribution in [0.3, 0.4) is 0 Å². The summed E-state index contributed by atoms with van der Waals surface area (Å²) in [5.41, 5.74) is 9.99. The molecule has 2 N–H and O–H groups in total. The smallest absolute Gasteiger partial charge is 0.314 e. The molecule has 6 nitrogen and oxygen atoms in total. The minimum Gasteiger partial charge on any atom is -0.351 e. The van der Waals surface area contributed by atoms with Crippen molar-refractivity contribution in [3.8, 4) is 0 Å². The Bertz CT molecular complexity index is 1100. The van der Waals surface area contributed by atoms with Gasteiger partial charge in [0.1, 0.15) is 0 Å². The molecule has 0 bridgehead atoms. The Morgan fingerprint density at radius 1 is 1.00 bits per heavy atom. The van der Waals surface area contributed by atoms with Crippen LogP contribution in [0.15, 0.2) is 34.9 Å². The number of likely N-dealkylation sites (tertiary alicyclic amines) is 2. The SMILES string of the molecule is NC(=O)N1CCC(CC(=O)N2CCC([C@@H]3c4ccc(Cl)cc4C=Cc4cc(Br)cnc43)CC2)CC1. The number of amides is 3. The number of carbonyl (C=O) groups is 2. The number of carbonyl (C=O) groups excluding carboxylic acids is 2. The van der Waals surface area contributed by atoms with Crippen LogP contribution in [0.25, 0.3) is 12.2 Å². The summed E-state index contributed by atoms with van der Waals surface area (Å²) in [6, 6.07) is 7.90. The number of fused-ring (bicyclic) bond motifs is 2. The molecular formula is C27H30BrClN4O2. The Labute approximate surface area is 219 Å². The summed E-state index contributed by atoms with van der Waals surface area (Å²) in [6.07, 6.45) is 10.3. The van der Waals surface area contributed by atoms with E-state index in [0.29, 0.717) is 31.3 Å². The van der Waals surface area contributed by atoms with Gasteiger partial charge >= 0.3 is 6.03 Å². The molecule has 0 radical (unpaired) electrons. The van der Waals surface area contributed by atoms with Gasteiger partial charge in [-0.25, -0.2) is 4.79 Å². The van der Waals surface area contributed by atoms with Crippen LogP contribution in [0.2, 0.25) is 5.02 Å². The third-order valence-electron chi connectivity index (χ3n) is 7.79. The molecule has 35 heavy (non-hydrogen) atoms. The summed E-state index contributed by atoms with van der Waals surface area (Å²) < 4.78 is 0.964. The lowest BCUT2D eigenvalue weighted by atomic mass is 9.76. The Hall–Kier alpha value is -2.38. The van der Waals surface area contributed by atoms with Gasteiger partial charge in [0.25, 0.3) is 0 Å². The molecule has 2 aromatic rings. The lowest BCUT2D eigenvalue weighted by Gasteiger charge is -2.38. The number of primary amides is 1. The van der Waals surface area contributed by atoms with Gasteiger partial charge in [-0.1, -0.05) is 29.8 Å². The molecule has 1 aromatic heterocycles. The topological polar surface area (TPSA) is 79.5 Å². The number of urea groups is 1. The predicted octanol–water partition coefficient (Wildman–Crippen LogP) is 5.53. The van der Waals surface area contributed by atoms with Gasteiger partial charge in [0.15, 0.2) is 0 Å². The van der Waals surface area contributed by atoms with Crippen molar-refractivity contribution in [2.75, 3.05) is 26.2 Å². The molecule has 1 atom stereocenters. The van der Waals surface area contributed by atoms with Crippen LogP contribution in [-0.2, 0) is 4.79 Å². The third kappa shape index (κ3) is 5.26. The van der Waals surface area contributed by atoms with E-state index in [1.165, 1.54) is 5.56 Å². The largest absolute Gasteiger partial charge is 0.351 e. The molecule has 0 unspecified atom stereocenters. The van der Waals surface area contributed by atoms with E-state index >= 15 is 0 Å². The van der Waals surface area contributed by atoms with Gasteiger partial charge in [0, 0.05) is 54.2 Å². The third-order valence-corrected chi connectivity index (χ3v) is 8.46. The lowest BCUT2D eigenvalue weighted by Crippen LogP contribution is -2.44. The van der Waals surface area contributed by atoms with E-state index in [0.717, 1.165) is 65.1 Å². The highest BCUT2D eigenvalue weighted by Gasteiger charge is 2.35. The number of halogens is 2. The Morgan fingerprint density at radius 2 is 1.69 bits per heavy atom. The summed E-state index contributed by atoms with van der Waals surface area (Å²) in [6.45, 7) is 2.83. The van der Waals surface area contributed by atoms with Crippen LogP contribution in [0.1, 0.15) is 60.4 Å². The fourth-order valence-corrected chi connectivity index (χ4v) is 6.38. The molecule has 0 saturated carbocycles. The standard InChI is InChI=1S/C27H30BrClN4O2/c28-21-14-20-2-1-19-15-22(29)3-4-23(19)25(26(20)31-16-21)18-7-11-32(12-8-18)24(34)13-17-5-9-33(10-6-17)27(30)35/h1-4,14-18,25H,5-13H2,(H2,30,35)/t25-/m1/s1. The minimum absolute atomic E-state index is 0.163. The van der Waals surface area contributed by atoms with E-state index in [9.17, 15) is 9.59 Å². The van der Waals surface area contributed by atoms with Crippen molar-refractivity contribution in [1.82, 2.24) is 14.8 Å². The van der Waals surface area contributed by atoms with Gasteiger partial charge in [0.2, 0.25) is 5.91 Å². The maximum absolute atomic E-state index is 13.1. The van der Waals surface area contributed by atoms with Gasteiger partial charge in [-0.15, -0.1) is 0 Å². The van der Waals surface area contributed by atoms with Crippen molar-refractivity contribution in [2.24, 2.45) is 17.6 Å². The summed E-state index contributed by atoms with van der Waals surface area (Å²) in [5.74, 6) is 1.12. The number of pyridine rings is 1. The number of nitrogens with two attached hydrogens (primary N) is 1. The number of aromatic nitrogens is 1. The zero-order valence-corrected chi connectivity index (χ0v) is 22.0. The van der Waals surface area contributed by atoms with Crippen LogP contribution in [0.4, 0.5) is 4.79 Å². The first-order chi connectivity index (χ1) is 16.9. The fraction of sp³-hybridized carbons (Fsp3) is 0.444. The lowest BCUT2D eigenvalue weighted by molar-refractivity contribution is -0.134. The number of benzene rings is 1. The van der Waals surface area contributed by atoms with Gasteiger partial charge in [-0.3, -0.25) is 9.78 Å². The molecule has 1 aliphatic carbocycles. The minimum atomic E-state index is -0.363. The highest BCUT2D eigenvalue weighted by atomic mass is 79.9. The average molecular weight is 558 g/mol. The van der Waals surface area contributed by atoms with E-state index < -0.39 is 0 Å². The van der Waals surface area contributed by atoms with Gasteiger partial charge in [-0.2, -0.15) is 0 Å². The summed E-state index contributed by atoms with van der Waals surface area (Å²) in [7, 11) is 0. The van der Waals surface area contributed by atoms with E-state index in [1.807, 2.05) is 23.2 Å². The normalized spacial score (nSPS) is 20.8. The number of nitrogens with zero attached hydrogens (tertiary/aromatic N) is 3. The Kier molecular flexibility index (Phi) is 7.17. The second-order valence-electron chi connectivity index (χ2n) is 9.90. The Balaban J connectivity index is 1.28. The predicted molar refractivity (Wildman–Crippen MR) is 142 cm³/mol. The van der Waals surface area contributed by atoms with Crippen molar-refractivity contribution in [2.45, 2.75) is 38.0 Å². The van der Waals surface area contributed by atoms with E-state index in [1.54, 1.807) is 4.90 Å². The summed E-state index contributed by atoms with van der Waals surface area (Å²) in [4.78, 5) is 33.0. The molecule has 2 saturated heterocycles. The molecule has 2 aliphatic heterocycles. The molecule has 184 valence electrons. The first-order valence-electron chi connectivity index (χ1n) is 12.3. The number of hydrogen-bond acceptors (Lipinski definition) is 3. The second kappa shape index (κ2) is 10.3. The monoisotopic (exact) mass is 556 g/mol. The molecule has 1 aromatic carbocycles. The van der Waals surface area contributed by atoms with E-state index in [2.05, 4.69) is 40.2 Å². The molecule has 5 rings (SSSR count). The van der Waals surface area contributed by atoms with Crippen molar-refractivity contribution in [1.29, 1.82) is 0 Å². The molecular weight excluding hydrogens is 528 g/mol. The molecule has 8 heteroatoms. The highest BCUT2D eigenvalue weighted by molar-refractivity contribution is 9.10. The highest BCUT2D eigenvalue weighted by Crippen LogP contribution is 2.43. The van der Waals surface area contributed by atoms with E-state index in [4.69, 9.17) is 22.3 Å². The van der Waals surface area contributed by atoms with Gasteiger partial charge in [-0.05, 0) is 88.3 Å². The maximum Gasteiger partial charge on any atom is 0.314 e. The number of hydrogen-bond donors (Lipinski definition) is 1. The van der Waals surface area contributed by atoms with E-state index in [-0.39, 0.29) is 17.9 Å². The molecule has 0 spiro atoms. The number of piperidine rings is 2. The quantitative estimate of drug-likeness (QED) is 0.539. The second-order valence-corrected chi connectivity index (χ2v) is 11.3. The number of rotatable bonds is 3. The Morgan fingerprint density at radius 3 is 2.40 bits per heavy atom. The summed E-state index contributed by atoms with van der Waals surface area (Å²) >= 11 is 9.90. The van der Waals surface area contributed by atoms with Crippen LogP contribution in [0, 0.1) is 11.8 Å². The molecule has 3 heterocycles. The van der Waals surface area contributed by atoms with Crippen LogP contribution >= 0.6 is 27.5 Å². The fourth-order valence-electron chi connectivity index (χ4n) is 5.85. The molecule has 3 amide bonds. The first-order valence-corrected chi connectivity index (χ1v) is 13.5. The zero-order chi connectivity index (χ0) is 24.5. The average Bonchev–Trinajstić information content (AvgIpc) is 3.00. The van der Waals surface area contributed by atoms with Gasteiger partial charge in [0.05, 0.1) is 5.69 Å². The van der Waals surface area contributed by atoms with Crippen molar-refractivity contribution >= 4 is 51.6 Å². The molecule has 3 aliphatic rings. The van der Waals surface area contributed by atoms with Gasteiger partial charge < -0.3 is 15.5 Å². The maximum atomic E-state index is 13.1. The van der Waals surface area contributed by atoms with Crippen LogP contribution in [-0.4, -0.2) is 52.9 Å². The van der Waals surface area contributed by atoms with Crippen LogP contribution in [0.5, 0.6) is 0 Å². The zero-order valence-electron chi connectivity index (χ0n) is 19.6. The van der Waals surface area contributed by atoms with Crippen LogP contribution < -0.4 is 5.73 Å². The van der Waals surface area contributed by atoms with Crippen molar-refractivity contribution < 1.29 is 9.59 Å². The van der Waals surface area contributed by atoms with Crippen molar-refractivity contribution in [3.05, 3.63) is 62.3 Å². The molecule has 2 fully saturated rings. The van der Waals surface area contributed by atoms with Crippen molar-refractivity contribution in [3.63, 3.8) is 0 Å².